The van der Waals surface area contributed by atoms with Gasteiger partial charge in [-0.25, -0.2) is 0 Å². The number of fused-ring (bicyclic) bond motifs is 2. The Morgan fingerprint density at radius 2 is 1.88 bits per heavy atom. The SMILES string of the molecule is CC(=O)c1ccc(-c2cncc3[nH]c(-c4n[nH]c5ccc(C6=C[I-]C=CC(NC(=O)c7ccccc7)=C6)cc45)nc23)s1. The average Bonchev–Trinajstić information content (AvgIpc) is 3.73. The van der Waals surface area contributed by atoms with Gasteiger partial charge in [0.05, 0.1) is 4.88 Å². The van der Waals surface area contributed by atoms with Crippen LogP contribution in [0.15, 0.2) is 99.1 Å². The molecule has 1 aliphatic rings. The number of H-pyrrole nitrogens is 2. The molecule has 206 valence electrons. The molecule has 0 fully saturated rings. The van der Waals surface area contributed by atoms with Crippen LogP contribution in [0.2, 0.25) is 0 Å². The van der Waals surface area contributed by atoms with E-state index in [1.54, 1.807) is 31.5 Å². The van der Waals surface area contributed by atoms with E-state index in [0.29, 0.717) is 22.0 Å². The first-order chi connectivity index (χ1) is 20.5. The molecule has 6 aromatic rings. The molecule has 0 radical (unpaired) electrons. The normalized spacial score (nSPS) is 13.4. The van der Waals surface area contributed by atoms with Crippen LogP contribution in [0.4, 0.5) is 0 Å². The average molecular weight is 682 g/mol. The van der Waals surface area contributed by atoms with Gasteiger partial charge >= 0.3 is 227 Å². The molecule has 0 spiro atoms. The Bertz CT molecular complexity index is 2100. The fourth-order valence-electron chi connectivity index (χ4n) is 4.74. The summed E-state index contributed by atoms with van der Waals surface area (Å²) in [6.07, 6.45) is 7.52. The molecule has 0 bridgehead atoms. The van der Waals surface area contributed by atoms with Gasteiger partial charge in [-0.1, -0.05) is 0 Å². The number of allylic oxidation sites excluding steroid dienone is 3. The van der Waals surface area contributed by atoms with Crippen LogP contribution < -0.4 is 26.5 Å². The van der Waals surface area contributed by atoms with Gasteiger partial charge in [0.25, 0.3) is 0 Å². The minimum atomic E-state index is -0.330. The summed E-state index contributed by atoms with van der Waals surface area (Å²) in [6.45, 7) is 1.57. The van der Waals surface area contributed by atoms with Gasteiger partial charge in [0.15, 0.2) is 5.78 Å². The number of carbonyl (C=O) groups is 2. The van der Waals surface area contributed by atoms with Gasteiger partial charge in [0.1, 0.15) is 0 Å². The number of hydrogen-bond donors (Lipinski definition) is 3. The summed E-state index contributed by atoms with van der Waals surface area (Å²) < 4.78 is 4.38. The number of amides is 1. The summed E-state index contributed by atoms with van der Waals surface area (Å²) in [7, 11) is 0. The van der Waals surface area contributed by atoms with Crippen LogP contribution in [0.25, 0.3) is 49.5 Å². The van der Waals surface area contributed by atoms with Crippen molar-refractivity contribution in [2.75, 3.05) is 0 Å². The Kier molecular flexibility index (Phi) is 6.84. The number of aromatic amines is 2. The number of nitrogens with one attached hydrogen (secondary N) is 3. The Hall–Kier alpha value is -4.68. The van der Waals surface area contributed by atoms with Crippen LogP contribution in [0, 0.1) is 0 Å². The van der Waals surface area contributed by atoms with Gasteiger partial charge in [-0.2, -0.15) is 0 Å². The van der Waals surface area contributed by atoms with E-state index in [-0.39, 0.29) is 32.9 Å². The fraction of sp³-hybridized carbons (Fsp3) is 0.0312. The summed E-state index contributed by atoms with van der Waals surface area (Å²) in [5.41, 5.74) is 7.44. The Labute approximate surface area is 254 Å². The van der Waals surface area contributed by atoms with Crippen molar-refractivity contribution in [2.45, 2.75) is 6.92 Å². The first-order valence-electron chi connectivity index (χ1n) is 13.0. The number of nitrogens with zero attached hydrogens (tertiary/aromatic N) is 3. The van der Waals surface area contributed by atoms with Crippen LogP contribution in [0.5, 0.6) is 0 Å². The van der Waals surface area contributed by atoms with Crippen LogP contribution in [0.3, 0.4) is 0 Å². The van der Waals surface area contributed by atoms with Crippen LogP contribution in [0.1, 0.15) is 32.5 Å². The van der Waals surface area contributed by atoms with E-state index < -0.39 is 0 Å². The standard InChI is InChI=1S/C32H22IN6O2S/c1-18(40)27-9-10-28(42-27)24-16-34-17-26-29(24)37-31(36-26)30-23-14-20(7-8-25(23)38-39-30)21-13-22(11-12-33-15-21)35-32(41)19-5-3-2-4-6-19/h2-17H,1H3,(H,35,41)(H,36,37)(H,38,39)/q-1. The van der Waals surface area contributed by atoms with Crippen molar-refractivity contribution in [1.82, 2.24) is 30.5 Å². The molecule has 3 N–H and O–H groups in total. The number of imidazole rings is 1. The zero-order valence-electron chi connectivity index (χ0n) is 22.2. The molecule has 5 heterocycles. The molecular weight excluding hydrogens is 659 g/mol. The molecule has 0 aliphatic carbocycles. The molecule has 2 aromatic carbocycles. The van der Waals surface area contributed by atoms with Crippen molar-refractivity contribution in [3.05, 3.63) is 115 Å². The Morgan fingerprint density at radius 3 is 2.71 bits per heavy atom. The zero-order valence-corrected chi connectivity index (χ0v) is 25.2. The zero-order chi connectivity index (χ0) is 28.6. The molecule has 1 amide bonds. The van der Waals surface area contributed by atoms with Crippen molar-refractivity contribution in [1.29, 1.82) is 0 Å². The summed E-state index contributed by atoms with van der Waals surface area (Å²) in [6, 6.07) is 19.1. The number of benzene rings is 2. The van der Waals surface area contributed by atoms with E-state index in [4.69, 9.17) is 4.98 Å². The number of carbonyl (C=O) groups excluding carboxylic acids is 2. The third-order valence-electron chi connectivity index (χ3n) is 6.83. The number of pyridine rings is 1. The summed E-state index contributed by atoms with van der Waals surface area (Å²) in [4.78, 5) is 39.0. The van der Waals surface area contributed by atoms with E-state index in [0.717, 1.165) is 49.2 Å². The Morgan fingerprint density at radius 1 is 1.00 bits per heavy atom. The van der Waals surface area contributed by atoms with Gasteiger partial charge in [0, 0.05) is 0 Å². The third-order valence-corrected chi connectivity index (χ3v) is 9.86. The van der Waals surface area contributed by atoms with Gasteiger partial charge in [-0.05, 0) is 13.0 Å². The number of halogens is 1. The van der Waals surface area contributed by atoms with Crippen LogP contribution >= 0.6 is 11.3 Å². The van der Waals surface area contributed by atoms with E-state index in [1.807, 2.05) is 48.6 Å². The number of rotatable bonds is 6. The second-order valence-corrected chi connectivity index (χ2v) is 12.8. The quantitative estimate of drug-likeness (QED) is 0.183. The maximum absolute atomic E-state index is 12.8. The summed E-state index contributed by atoms with van der Waals surface area (Å²) in [5, 5.41) is 11.7. The maximum atomic E-state index is 12.8. The van der Waals surface area contributed by atoms with Crippen molar-refractivity contribution in [2.24, 2.45) is 0 Å². The van der Waals surface area contributed by atoms with Gasteiger partial charge in [-0.3, -0.25) is 4.79 Å². The fourth-order valence-corrected chi connectivity index (χ4v) is 7.39. The number of hydrogen-bond acceptors (Lipinski definition) is 6. The second-order valence-electron chi connectivity index (χ2n) is 9.62. The van der Waals surface area contributed by atoms with Gasteiger partial charge in [0.2, 0.25) is 0 Å². The van der Waals surface area contributed by atoms with Crippen molar-refractivity contribution >= 4 is 50.5 Å². The molecule has 0 saturated carbocycles. The van der Waals surface area contributed by atoms with E-state index >= 15 is 0 Å². The van der Waals surface area contributed by atoms with Crippen molar-refractivity contribution in [3.8, 4) is 22.0 Å². The molecule has 10 heteroatoms. The van der Waals surface area contributed by atoms with E-state index in [2.05, 4.69) is 45.8 Å². The number of aromatic nitrogens is 5. The second kappa shape index (κ2) is 11.0. The van der Waals surface area contributed by atoms with Gasteiger partial charge in [-0.15, -0.1) is 0 Å². The first-order valence-corrected chi connectivity index (χ1v) is 16.3. The first kappa shape index (κ1) is 26.2. The molecule has 0 atom stereocenters. The van der Waals surface area contributed by atoms with E-state index in [9.17, 15) is 9.59 Å². The molecular formula is C32H22IN6O2S-. The topological polar surface area (TPSA) is 116 Å². The predicted molar refractivity (Wildman–Crippen MR) is 161 cm³/mol. The predicted octanol–water partition coefficient (Wildman–Crippen LogP) is 3.70. The minimum absolute atomic E-state index is 0.0371. The number of Topliss-reactive ketones (excluding diaryl/α,β-unsaturated/α-hetero) is 1. The molecule has 0 saturated heterocycles. The van der Waals surface area contributed by atoms with E-state index in [1.165, 1.54) is 11.3 Å². The van der Waals surface area contributed by atoms with Crippen LogP contribution in [-0.2, 0) is 0 Å². The monoisotopic (exact) mass is 681 g/mol. The summed E-state index contributed by atoms with van der Waals surface area (Å²) >= 11 is 1.10. The molecule has 42 heavy (non-hydrogen) atoms. The van der Waals surface area contributed by atoms with Crippen molar-refractivity contribution in [3.63, 3.8) is 0 Å². The molecule has 8 nitrogen and oxygen atoms in total. The number of thiophene rings is 1. The van der Waals surface area contributed by atoms with Crippen molar-refractivity contribution < 1.29 is 30.8 Å². The van der Waals surface area contributed by atoms with Gasteiger partial charge < -0.3 is 0 Å². The summed E-state index contributed by atoms with van der Waals surface area (Å²) in [5.74, 6) is 0.522. The van der Waals surface area contributed by atoms with Crippen LogP contribution in [-0.4, -0.2) is 36.8 Å². The molecule has 0 unspecified atom stereocenters. The molecule has 1 aliphatic heterocycles. The molecule has 7 rings (SSSR count). The third kappa shape index (κ3) is 4.99. The Balaban J connectivity index is 1.24. The number of ketones is 1. The molecule has 4 aromatic heterocycles.